The van der Waals surface area contributed by atoms with Gasteiger partial charge in [0, 0.05) is 17.1 Å². The van der Waals surface area contributed by atoms with Crippen molar-refractivity contribution in [2.45, 2.75) is 0 Å². The van der Waals surface area contributed by atoms with Crippen molar-refractivity contribution in [2.24, 2.45) is 0 Å². The molecule has 4 aromatic rings. The Bertz CT molecular complexity index is 1010. The minimum absolute atomic E-state index is 0.440. The number of para-hydroxylation sites is 1. The molecule has 0 amide bonds. The zero-order chi connectivity index (χ0) is 15.8. The summed E-state index contributed by atoms with van der Waals surface area (Å²) in [5.41, 5.74) is 2.41. The van der Waals surface area contributed by atoms with Gasteiger partial charge >= 0.3 is 0 Å². The average molecular weight is 342 g/mol. The smallest absolute Gasteiger partial charge is 0.206 e. The molecule has 2 aromatic carbocycles. The first kappa shape index (κ1) is 14.1. The van der Waals surface area contributed by atoms with Gasteiger partial charge in [0.05, 0.1) is 21.2 Å². The molecule has 0 saturated heterocycles. The van der Waals surface area contributed by atoms with Gasteiger partial charge in [0.1, 0.15) is 0 Å². The van der Waals surface area contributed by atoms with Crippen molar-refractivity contribution in [3.8, 4) is 17.1 Å². The molecule has 7 heteroatoms. The first-order valence-electron chi connectivity index (χ1n) is 6.81. The van der Waals surface area contributed by atoms with Crippen molar-refractivity contribution in [3.63, 3.8) is 0 Å². The fraction of sp³-hybridized carbons (Fsp3) is 0. The normalized spacial score (nSPS) is 11.0. The summed E-state index contributed by atoms with van der Waals surface area (Å²) in [5, 5.41) is 14.5. The summed E-state index contributed by atoms with van der Waals surface area (Å²) in [6, 6.07) is 15.0. The summed E-state index contributed by atoms with van der Waals surface area (Å²) in [5.74, 6) is 0.495. The summed E-state index contributed by atoms with van der Waals surface area (Å²) < 4.78 is 0. The quantitative estimate of drug-likeness (QED) is 0.548. The SMILES string of the molecule is Clc1ccc(-n2nnc(-c3cnc4ccccc4c3)n2)cc1Cl. The van der Waals surface area contributed by atoms with E-state index in [1.54, 1.807) is 24.4 Å². The van der Waals surface area contributed by atoms with E-state index in [4.69, 9.17) is 23.2 Å². The lowest BCUT2D eigenvalue weighted by molar-refractivity contribution is 0.720. The van der Waals surface area contributed by atoms with Crippen LogP contribution in [0.25, 0.3) is 28.0 Å². The monoisotopic (exact) mass is 341 g/mol. The molecule has 23 heavy (non-hydrogen) atoms. The number of hydrogen-bond donors (Lipinski definition) is 0. The van der Waals surface area contributed by atoms with Crippen LogP contribution in [-0.4, -0.2) is 25.2 Å². The summed E-state index contributed by atoms with van der Waals surface area (Å²) in [6.07, 6.45) is 1.73. The second-order valence-corrected chi connectivity index (χ2v) is 5.73. The molecule has 0 spiro atoms. The Morgan fingerprint density at radius 3 is 2.65 bits per heavy atom. The van der Waals surface area contributed by atoms with E-state index in [2.05, 4.69) is 20.4 Å². The van der Waals surface area contributed by atoms with Crippen molar-refractivity contribution in [1.29, 1.82) is 0 Å². The number of fused-ring (bicyclic) bond motifs is 1. The van der Waals surface area contributed by atoms with E-state index in [-0.39, 0.29) is 0 Å². The molecule has 0 N–H and O–H groups in total. The number of benzene rings is 2. The number of rotatable bonds is 2. The first-order valence-corrected chi connectivity index (χ1v) is 7.57. The number of tetrazole rings is 1. The molecule has 0 aliphatic rings. The van der Waals surface area contributed by atoms with Crippen molar-refractivity contribution >= 4 is 34.1 Å². The Morgan fingerprint density at radius 1 is 0.913 bits per heavy atom. The Labute approximate surface area is 141 Å². The predicted molar refractivity (Wildman–Crippen MR) is 89.9 cm³/mol. The third-order valence-electron chi connectivity index (χ3n) is 3.40. The minimum atomic E-state index is 0.440. The predicted octanol–water partition coefficient (Wildman–Crippen LogP) is 4.18. The third kappa shape index (κ3) is 2.65. The lowest BCUT2D eigenvalue weighted by Gasteiger charge is -2.00. The Kier molecular flexibility index (Phi) is 3.44. The lowest BCUT2D eigenvalue weighted by Crippen LogP contribution is -1.98. The Hall–Kier alpha value is -2.50. The molecule has 0 radical (unpaired) electrons. The fourth-order valence-electron chi connectivity index (χ4n) is 2.24. The summed E-state index contributed by atoms with van der Waals surface area (Å²) in [6.45, 7) is 0. The van der Waals surface area contributed by atoms with Crippen LogP contribution < -0.4 is 0 Å². The summed E-state index contributed by atoms with van der Waals surface area (Å²) in [4.78, 5) is 5.82. The van der Waals surface area contributed by atoms with Gasteiger partial charge in [-0.05, 0) is 35.5 Å². The molecule has 2 heterocycles. The largest absolute Gasteiger partial charge is 0.255 e. The van der Waals surface area contributed by atoms with Crippen LogP contribution in [-0.2, 0) is 0 Å². The molecule has 112 valence electrons. The van der Waals surface area contributed by atoms with Gasteiger partial charge in [-0.2, -0.15) is 0 Å². The van der Waals surface area contributed by atoms with Gasteiger partial charge in [0.25, 0.3) is 0 Å². The summed E-state index contributed by atoms with van der Waals surface area (Å²) in [7, 11) is 0. The molecule has 4 rings (SSSR count). The highest BCUT2D eigenvalue weighted by Crippen LogP contribution is 2.24. The van der Waals surface area contributed by atoms with E-state index in [0.29, 0.717) is 21.6 Å². The molecule has 0 aliphatic heterocycles. The van der Waals surface area contributed by atoms with Gasteiger partial charge in [-0.15, -0.1) is 15.0 Å². The first-order chi connectivity index (χ1) is 11.2. The molecule has 0 saturated carbocycles. The molecule has 0 aliphatic carbocycles. The zero-order valence-corrected chi connectivity index (χ0v) is 13.2. The number of pyridine rings is 1. The molecule has 2 aromatic heterocycles. The highest BCUT2D eigenvalue weighted by atomic mass is 35.5. The number of halogens is 2. The Morgan fingerprint density at radius 2 is 1.78 bits per heavy atom. The fourth-order valence-corrected chi connectivity index (χ4v) is 2.53. The minimum Gasteiger partial charge on any atom is -0.255 e. The van der Waals surface area contributed by atoms with Crippen molar-refractivity contribution in [1.82, 2.24) is 25.2 Å². The van der Waals surface area contributed by atoms with E-state index in [1.165, 1.54) is 4.80 Å². The molecule has 5 nitrogen and oxygen atoms in total. The van der Waals surface area contributed by atoms with Crippen LogP contribution in [0.15, 0.2) is 54.7 Å². The number of aromatic nitrogens is 5. The third-order valence-corrected chi connectivity index (χ3v) is 4.14. The molecule has 0 atom stereocenters. The number of nitrogens with zero attached hydrogens (tertiary/aromatic N) is 5. The van der Waals surface area contributed by atoms with Gasteiger partial charge in [0.2, 0.25) is 5.82 Å². The van der Waals surface area contributed by atoms with E-state index < -0.39 is 0 Å². The molecular formula is C16H9Cl2N5. The lowest BCUT2D eigenvalue weighted by atomic mass is 10.1. The standard InChI is InChI=1S/C16H9Cl2N5/c17-13-6-5-12(8-14(13)18)23-21-16(20-22-23)11-7-10-3-1-2-4-15(10)19-9-11/h1-9H. The van der Waals surface area contributed by atoms with E-state index >= 15 is 0 Å². The van der Waals surface area contributed by atoms with Crippen LogP contribution in [0.1, 0.15) is 0 Å². The maximum absolute atomic E-state index is 6.02. The molecule has 0 bridgehead atoms. The maximum atomic E-state index is 6.02. The maximum Gasteiger partial charge on any atom is 0.206 e. The highest BCUT2D eigenvalue weighted by molar-refractivity contribution is 6.42. The second kappa shape index (κ2) is 5.61. The van der Waals surface area contributed by atoms with Crippen molar-refractivity contribution in [3.05, 3.63) is 64.8 Å². The van der Waals surface area contributed by atoms with Crippen molar-refractivity contribution < 1.29 is 0 Å². The highest BCUT2D eigenvalue weighted by Gasteiger charge is 2.10. The van der Waals surface area contributed by atoms with Crippen LogP contribution >= 0.6 is 23.2 Å². The molecular weight excluding hydrogens is 333 g/mol. The number of hydrogen-bond acceptors (Lipinski definition) is 4. The van der Waals surface area contributed by atoms with Gasteiger partial charge < -0.3 is 0 Å². The second-order valence-electron chi connectivity index (χ2n) is 4.92. The van der Waals surface area contributed by atoms with Crippen LogP contribution in [0.3, 0.4) is 0 Å². The molecule has 0 unspecified atom stereocenters. The van der Waals surface area contributed by atoms with Crippen LogP contribution in [0.5, 0.6) is 0 Å². The summed E-state index contributed by atoms with van der Waals surface area (Å²) >= 11 is 11.9. The van der Waals surface area contributed by atoms with Crippen LogP contribution in [0.4, 0.5) is 0 Å². The average Bonchev–Trinajstić information content (AvgIpc) is 3.07. The molecule has 0 fully saturated rings. The van der Waals surface area contributed by atoms with E-state index in [0.717, 1.165) is 16.5 Å². The van der Waals surface area contributed by atoms with E-state index in [9.17, 15) is 0 Å². The van der Waals surface area contributed by atoms with Gasteiger partial charge in [-0.25, -0.2) is 0 Å². The Balaban J connectivity index is 1.75. The van der Waals surface area contributed by atoms with Crippen molar-refractivity contribution in [2.75, 3.05) is 0 Å². The topological polar surface area (TPSA) is 56.5 Å². The zero-order valence-electron chi connectivity index (χ0n) is 11.7. The van der Waals surface area contributed by atoms with Gasteiger partial charge in [0.15, 0.2) is 0 Å². The van der Waals surface area contributed by atoms with Crippen LogP contribution in [0, 0.1) is 0 Å². The van der Waals surface area contributed by atoms with Gasteiger partial charge in [-0.1, -0.05) is 41.4 Å². The van der Waals surface area contributed by atoms with E-state index in [1.807, 2.05) is 30.3 Å². The van der Waals surface area contributed by atoms with Crippen LogP contribution in [0.2, 0.25) is 10.0 Å². The van der Waals surface area contributed by atoms with Gasteiger partial charge in [-0.3, -0.25) is 4.98 Å².